The van der Waals surface area contributed by atoms with E-state index in [1.807, 2.05) is 0 Å². The van der Waals surface area contributed by atoms with Gasteiger partial charge in [-0.25, -0.2) is 0 Å². The van der Waals surface area contributed by atoms with Crippen molar-refractivity contribution in [3.05, 3.63) is 29.8 Å². The molecule has 0 amide bonds. The number of benzene rings is 1. The summed E-state index contributed by atoms with van der Waals surface area (Å²) >= 11 is 0. The molecule has 2 nitrogen and oxygen atoms in total. The van der Waals surface area contributed by atoms with E-state index in [0.717, 1.165) is 30.8 Å². The van der Waals surface area contributed by atoms with Gasteiger partial charge in [0.1, 0.15) is 0 Å². The van der Waals surface area contributed by atoms with Gasteiger partial charge in [0.2, 0.25) is 0 Å². The zero-order chi connectivity index (χ0) is 13.5. The molecule has 1 aliphatic heterocycles. The van der Waals surface area contributed by atoms with Gasteiger partial charge in [0.15, 0.2) is 0 Å². The number of nitrogens with one attached hydrogen (secondary N) is 1. The Labute approximate surface area is 122 Å². The van der Waals surface area contributed by atoms with Crippen molar-refractivity contribution in [3.8, 4) is 0 Å². The Kier molecular flexibility index (Phi) is 3.22. The fourth-order valence-corrected chi connectivity index (χ4v) is 4.80. The van der Waals surface area contributed by atoms with Gasteiger partial charge in [-0.1, -0.05) is 24.6 Å². The van der Waals surface area contributed by atoms with E-state index in [1.54, 1.807) is 0 Å². The molecule has 4 rings (SSSR count). The Balaban J connectivity index is 1.56. The fraction of sp³-hybridized carbons (Fsp3) is 0.667. The van der Waals surface area contributed by atoms with E-state index < -0.39 is 0 Å². The average molecular weight is 270 g/mol. The maximum Gasteiger partial charge on any atom is 0.0412 e. The van der Waals surface area contributed by atoms with Crippen molar-refractivity contribution in [2.75, 3.05) is 18.0 Å². The van der Waals surface area contributed by atoms with Gasteiger partial charge in [0.25, 0.3) is 0 Å². The smallest absolute Gasteiger partial charge is 0.0412 e. The highest BCUT2D eigenvalue weighted by Gasteiger charge is 2.40. The number of anilines is 1. The third-order valence-electron chi connectivity index (χ3n) is 5.81. The zero-order valence-corrected chi connectivity index (χ0v) is 12.5. The molecule has 3 aliphatic rings. The van der Waals surface area contributed by atoms with Gasteiger partial charge in [-0.3, -0.25) is 0 Å². The van der Waals surface area contributed by atoms with Crippen LogP contribution in [0.25, 0.3) is 0 Å². The monoisotopic (exact) mass is 270 g/mol. The lowest BCUT2D eigenvalue weighted by Crippen LogP contribution is -2.39. The van der Waals surface area contributed by atoms with Crippen LogP contribution < -0.4 is 10.2 Å². The molecule has 1 heterocycles. The lowest BCUT2D eigenvalue weighted by molar-refractivity contribution is 0.331. The van der Waals surface area contributed by atoms with Crippen LogP contribution in [0.15, 0.2) is 24.3 Å². The van der Waals surface area contributed by atoms with Gasteiger partial charge < -0.3 is 10.2 Å². The van der Waals surface area contributed by atoms with Crippen molar-refractivity contribution in [3.63, 3.8) is 0 Å². The molecule has 20 heavy (non-hydrogen) atoms. The van der Waals surface area contributed by atoms with Crippen LogP contribution in [-0.4, -0.2) is 19.1 Å². The highest BCUT2D eigenvalue weighted by atomic mass is 15.2. The van der Waals surface area contributed by atoms with Crippen LogP contribution in [0, 0.1) is 17.8 Å². The Morgan fingerprint density at radius 3 is 2.90 bits per heavy atom. The highest BCUT2D eigenvalue weighted by Crippen LogP contribution is 2.48. The summed E-state index contributed by atoms with van der Waals surface area (Å²) in [6.45, 7) is 5.78. The van der Waals surface area contributed by atoms with Crippen LogP contribution in [0.1, 0.15) is 38.2 Å². The summed E-state index contributed by atoms with van der Waals surface area (Å²) in [4.78, 5) is 2.67. The van der Waals surface area contributed by atoms with Crippen LogP contribution in [0.5, 0.6) is 0 Å². The van der Waals surface area contributed by atoms with Gasteiger partial charge in [-0.2, -0.15) is 0 Å². The number of fused-ring (bicyclic) bond motifs is 3. The topological polar surface area (TPSA) is 15.3 Å². The van der Waals surface area contributed by atoms with Crippen LogP contribution in [0.4, 0.5) is 5.69 Å². The van der Waals surface area contributed by atoms with Crippen molar-refractivity contribution in [2.24, 2.45) is 17.8 Å². The second-order valence-corrected chi connectivity index (χ2v) is 7.25. The minimum atomic E-state index is 0.584. The summed E-state index contributed by atoms with van der Waals surface area (Å²) in [5.74, 6) is 3.04. The Bertz CT molecular complexity index is 484. The van der Waals surface area contributed by atoms with Gasteiger partial charge >= 0.3 is 0 Å². The normalized spacial score (nSPS) is 36.0. The summed E-state index contributed by atoms with van der Waals surface area (Å²) in [6.07, 6.45) is 6.02. The van der Waals surface area contributed by atoms with Crippen molar-refractivity contribution in [1.82, 2.24) is 5.32 Å². The van der Waals surface area contributed by atoms with Gasteiger partial charge in [0, 0.05) is 31.4 Å². The molecule has 2 fully saturated rings. The molecule has 2 heteroatoms. The predicted molar refractivity (Wildman–Crippen MR) is 83.9 cm³/mol. The molecule has 0 radical (unpaired) electrons. The number of nitrogens with zero attached hydrogens (tertiary/aromatic N) is 1. The van der Waals surface area contributed by atoms with Gasteiger partial charge in [-0.15, -0.1) is 0 Å². The molecule has 4 unspecified atom stereocenters. The van der Waals surface area contributed by atoms with E-state index in [-0.39, 0.29) is 0 Å². The van der Waals surface area contributed by atoms with Crippen molar-refractivity contribution < 1.29 is 0 Å². The van der Waals surface area contributed by atoms with Crippen LogP contribution in [0.2, 0.25) is 0 Å². The summed E-state index contributed by atoms with van der Waals surface area (Å²) in [5, 5.41) is 3.65. The summed E-state index contributed by atoms with van der Waals surface area (Å²) in [6, 6.07) is 9.56. The molecule has 1 aromatic carbocycles. The standard InChI is InChI=1S/C18H26N2/c1-13-11-20(12-17-9-14-6-7-15(17)8-14)18-5-3-2-4-16(18)10-19-13/h2-5,13-15,17,19H,6-12H2,1H3. The van der Waals surface area contributed by atoms with Crippen LogP contribution >= 0.6 is 0 Å². The minimum Gasteiger partial charge on any atom is -0.369 e. The van der Waals surface area contributed by atoms with E-state index >= 15 is 0 Å². The summed E-state index contributed by atoms with van der Waals surface area (Å²) in [5.41, 5.74) is 2.95. The third-order valence-corrected chi connectivity index (χ3v) is 5.81. The molecule has 1 aromatic rings. The number of hydrogen-bond acceptors (Lipinski definition) is 2. The van der Waals surface area contributed by atoms with Crippen molar-refractivity contribution in [1.29, 1.82) is 0 Å². The Morgan fingerprint density at radius 1 is 1.20 bits per heavy atom. The molecule has 1 N–H and O–H groups in total. The average Bonchev–Trinajstić information content (AvgIpc) is 3.03. The lowest BCUT2D eigenvalue weighted by Gasteiger charge is -2.32. The molecule has 0 aromatic heterocycles. The Hall–Kier alpha value is -1.02. The molecule has 108 valence electrons. The number of hydrogen-bond donors (Lipinski definition) is 1. The quantitative estimate of drug-likeness (QED) is 0.886. The highest BCUT2D eigenvalue weighted by molar-refractivity contribution is 5.54. The molecular weight excluding hydrogens is 244 g/mol. The fourth-order valence-electron chi connectivity index (χ4n) is 4.80. The summed E-state index contributed by atoms with van der Waals surface area (Å²) < 4.78 is 0. The molecule has 0 spiro atoms. The SMILES string of the molecule is CC1CN(CC2CC3CCC2C3)c2ccccc2CN1. The van der Waals surface area contributed by atoms with Crippen molar-refractivity contribution in [2.45, 2.75) is 45.2 Å². The van der Waals surface area contributed by atoms with Crippen LogP contribution in [0.3, 0.4) is 0 Å². The predicted octanol–water partition coefficient (Wildman–Crippen LogP) is 3.42. The van der Waals surface area contributed by atoms with Gasteiger partial charge in [-0.05, 0) is 55.6 Å². The van der Waals surface area contributed by atoms with E-state index in [9.17, 15) is 0 Å². The maximum atomic E-state index is 3.65. The first-order chi connectivity index (χ1) is 9.79. The largest absolute Gasteiger partial charge is 0.369 e. The molecule has 4 atom stereocenters. The minimum absolute atomic E-state index is 0.584. The van der Waals surface area contributed by atoms with E-state index in [1.165, 1.54) is 43.5 Å². The van der Waals surface area contributed by atoms with Crippen LogP contribution in [-0.2, 0) is 6.54 Å². The first-order valence-corrected chi connectivity index (χ1v) is 8.36. The molecule has 2 saturated carbocycles. The first-order valence-electron chi connectivity index (χ1n) is 8.36. The maximum absolute atomic E-state index is 3.65. The lowest BCUT2D eigenvalue weighted by atomic mass is 9.88. The third kappa shape index (κ3) is 2.24. The second kappa shape index (κ2) is 5.07. The van der Waals surface area contributed by atoms with Gasteiger partial charge in [0.05, 0.1) is 0 Å². The van der Waals surface area contributed by atoms with E-state index in [4.69, 9.17) is 0 Å². The summed E-state index contributed by atoms with van der Waals surface area (Å²) in [7, 11) is 0. The Morgan fingerprint density at radius 2 is 2.10 bits per heavy atom. The first kappa shape index (κ1) is 12.7. The molecular formula is C18H26N2. The number of para-hydroxylation sites is 1. The number of rotatable bonds is 2. The van der Waals surface area contributed by atoms with Crippen molar-refractivity contribution >= 4 is 5.69 Å². The second-order valence-electron chi connectivity index (χ2n) is 7.25. The van der Waals surface area contributed by atoms with E-state index in [2.05, 4.69) is 41.4 Å². The zero-order valence-electron chi connectivity index (χ0n) is 12.5. The molecule has 0 saturated heterocycles. The van der Waals surface area contributed by atoms with E-state index in [0.29, 0.717) is 6.04 Å². The molecule has 2 bridgehead atoms. The molecule has 2 aliphatic carbocycles.